The third kappa shape index (κ3) is 2.94. The van der Waals surface area contributed by atoms with Gasteiger partial charge in [0, 0.05) is 10.7 Å². The van der Waals surface area contributed by atoms with Crippen molar-refractivity contribution in [1.29, 1.82) is 0 Å². The summed E-state index contributed by atoms with van der Waals surface area (Å²) in [5.74, 6) is -0.358. The highest BCUT2D eigenvalue weighted by molar-refractivity contribution is 6.30. The SMILES string of the molecule is COC(=O)C(C)(Nc1cccc(Cl)c1)c1ccccc1. The van der Waals surface area contributed by atoms with Crippen LogP contribution in [0.3, 0.4) is 0 Å². The number of benzene rings is 2. The highest BCUT2D eigenvalue weighted by atomic mass is 35.5. The first-order valence-electron chi connectivity index (χ1n) is 6.24. The Balaban J connectivity index is 2.41. The number of esters is 1. The molecule has 0 saturated heterocycles. The molecule has 0 saturated carbocycles. The Morgan fingerprint density at radius 2 is 1.85 bits per heavy atom. The average Bonchev–Trinajstić information content (AvgIpc) is 2.47. The molecule has 0 amide bonds. The number of ether oxygens (including phenoxy) is 1. The molecule has 1 N–H and O–H groups in total. The molecule has 1 unspecified atom stereocenters. The van der Waals surface area contributed by atoms with Gasteiger partial charge in [-0.15, -0.1) is 0 Å². The lowest BCUT2D eigenvalue weighted by Crippen LogP contribution is -2.41. The average molecular weight is 290 g/mol. The smallest absolute Gasteiger partial charge is 0.335 e. The highest BCUT2D eigenvalue weighted by Crippen LogP contribution is 2.28. The van der Waals surface area contributed by atoms with Gasteiger partial charge in [-0.3, -0.25) is 0 Å². The van der Waals surface area contributed by atoms with Gasteiger partial charge in [0.25, 0.3) is 0 Å². The van der Waals surface area contributed by atoms with Crippen LogP contribution in [0, 0.1) is 0 Å². The quantitative estimate of drug-likeness (QED) is 0.869. The molecule has 2 aromatic rings. The molecule has 20 heavy (non-hydrogen) atoms. The van der Waals surface area contributed by atoms with Crippen molar-refractivity contribution in [3.63, 3.8) is 0 Å². The Kier molecular flexibility index (Phi) is 4.30. The second-order valence-electron chi connectivity index (χ2n) is 4.62. The normalized spacial score (nSPS) is 13.3. The Labute approximate surface area is 123 Å². The summed E-state index contributed by atoms with van der Waals surface area (Å²) in [7, 11) is 1.38. The molecule has 2 aromatic carbocycles. The molecule has 2 rings (SSSR count). The van der Waals surface area contributed by atoms with E-state index in [9.17, 15) is 4.79 Å². The van der Waals surface area contributed by atoms with Crippen LogP contribution in [-0.4, -0.2) is 13.1 Å². The van der Waals surface area contributed by atoms with E-state index in [2.05, 4.69) is 5.32 Å². The van der Waals surface area contributed by atoms with Crippen molar-refractivity contribution >= 4 is 23.3 Å². The van der Waals surface area contributed by atoms with E-state index in [0.717, 1.165) is 11.3 Å². The van der Waals surface area contributed by atoms with E-state index in [1.54, 1.807) is 19.1 Å². The number of halogens is 1. The summed E-state index contributed by atoms with van der Waals surface area (Å²) < 4.78 is 4.94. The minimum absolute atomic E-state index is 0.358. The Hall–Kier alpha value is -2.00. The lowest BCUT2D eigenvalue weighted by molar-refractivity contribution is -0.145. The lowest BCUT2D eigenvalue weighted by Gasteiger charge is -2.29. The minimum Gasteiger partial charge on any atom is -0.467 e. The Morgan fingerprint density at radius 3 is 2.45 bits per heavy atom. The molecule has 0 aliphatic rings. The molecular formula is C16H16ClNO2. The third-order valence-corrected chi connectivity index (χ3v) is 3.40. The van der Waals surface area contributed by atoms with Crippen molar-refractivity contribution < 1.29 is 9.53 Å². The topological polar surface area (TPSA) is 38.3 Å². The van der Waals surface area contributed by atoms with Gasteiger partial charge in [-0.05, 0) is 30.7 Å². The van der Waals surface area contributed by atoms with Gasteiger partial charge in [-0.1, -0.05) is 48.0 Å². The third-order valence-electron chi connectivity index (χ3n) is 3.16. The second-order valence-corrected chi connectivity index (χ2v) is 5.05. The summed E-state index contributed by atoms with van der Waals surface area (Å²) in [6, 6.07) is 16.7. The van der Waals surface area contributed by atoms with Crippen molar-refractivity contribution in [2.45, 2.75) is 12.5 Å². The van der Waals surface area contributed by atoms with Crippen LogP contribution < -0.4 is 5.32 Å². The van der Waals surface area contributed by atoms with Crippen LogP contribution >= 0.6 is 11.6 Å². The first kappa shape index (κ1) is 14.4. The first-order chi connectivity index (χ1) is 9.56. The number of carbonyl (C=O) groups excluding carboxylic acids is 1. The van der Waals surface area contributed by atoms with Crippen LogP contribution in [0.5, 0.6) is 0 Å². The zero-order chi connectivity index (χ0) is 14.6. The van der Waals surface area contributed by atoms with E-state index in [0.29, 0.717) is 5.02 Å². The van der Waals surface area contributed by atoms with Crippen molar-refractivity contribution in [2.75, 3.05) is 12.4 Å². The molecule has 4 heteroatoms. The molecule has 0 aliphatic heterocycles. The summed E-state index contributed by atoms with van der Waals surface area (Å²) in [5.41, 5.74) is 0.613. The summed E-state index contributed by atoms with van der Waals surface area (Å²) >= 11 is 5.98. The number of carbonyl (C=O) groups is 1. The summed E-state index contributed by atoms with van der Waals surface area (Å²) in [6.07, 6.45) is 0. The maximum absolute atomic E-state index is 12.2. The molecule has 1 atom stereocenters. The lowest BCUT2D eigenvalue weighted by atomic mass is 9.91. The predicted molar refractivity (Wildman–Crippen MR) is 80.9 cm³/mol. The van der Waals surface area contributed by atoms with E-state index in [-0.39, 0.29) is 5.97 Å². The van der Waals surface area contributed by atoms with Crippen LogP contribution in [0.15, 0.2) is 54.6 Å². The Morgan fingerprint density at radius 1 is 1.15 bits per heavy atom. The summed E-state index contributed by atoms with van der Waals surface area (Å²) in [4.78, 5) is 12.2. The molecule has 104 valence electrons. The molecule has 3 nitrogen and oxygen atoms in total. The maximum atomic E-state index is 12.2. The maximum Gasteiger partial charge on any atom is 0.335 e. The first-order valence-corrected chi connectivity index (χ1v) is 6.62. The van der Waals surface area contributed by atoms with E-state index in [4.69, 9.17) is 16.3 Å². The van der Waals surface area contributed by atoms with Gasteiger partial charge in [-0.25, -0.2) is 4.79 Å². The predicted octanol–water partition coefficient (Wildman–Crippen LogP) is 3.84. The van der Waals surface area contributed by atoms with Crippen molar-refractivity contribution in [2.24, 2.45) is 0 Å². The molecule has 0 spiro atoms. The summed E-state index contributed by atoms with van der Waals surface area (Å²) in [6.45, 7) is 1.79. The zero-order valence-corrected chi connectivity index (χ0v) is 12.1. The van der Waals surface area contributed by atoms with Gasteiger partial charge in [-0.2, -0.15) is 0 Å². The molecular weight excluding hydrogens is 274 g/mol. The fourth-order valence-electron chi connectivity index (χ4n) is 2.07. The fourth-order valence-corrected chi connectivity index (χ4v) is 2.26. The number of anilines is 1. The van der Waals surface area contributed by atoms with E-state index < -0.39 is 5.54 Å². The number of rotatable bonds is 4. The van der Waals surface area contributed by atoms with Crippen molar-refractivity contribution in [3.8, 4) is 0 Å². The van der Waals surface area contributed by atoms with Crippen molar-refractivity contribution in [1.82, 2.24) is 0 Å². The number of hydrogen-bond donors (Lipinski definition) is 1. The van der Waals surface area contributed by atoms with Crippen LogP contribution in [0.4, 0.5) is 5.69 Å². The molecule has 0 fully saturated rings. The molecule has 0 bridgehead atoms. The number of methoxy groups -OCH3 is 1. The van der Waals surface area contributed by atoms with Crippen LogP contribution in [-0.2, 0) is 15.1 Å². The second kappa shape index (κ2) is 5.97. The van der Waals surface area contributed by atoms with Crippen LogP contribution in [0.2, 0.25) is 5.02 Å². The Bertz CT molecular complexity index is 600. The monoisotopic (exact) mass is 289 g/mol. The largest absolute Gasteiger partial charge is 0.467 e. The zero-order valence-electron chi connectivity index (χ0n) is 11.4. The van der Waals surface area contributed by atoms with Gasteiger partial charge in [0.15, 0.2) is 5.54 Å². The number of hydrogen-bond acceptors (Lipinski definition) is 3. The summed E-state index contributed by atoms with van der Waals surface area (Å²) in [5, 5.41) is 3.81. The van der Waals surface area contributed by atoms with E-state index in [1.165, 1.54) is 7.11 Å². The molecule has 0 radical (unpaired) electrons. The van der Waals surface area contributed by atoms with Gasteiger partial charge in [0.05, 0.1) is 7.11 Å². The molecule has 0 aliphatic carbocycles. The van der Waals surface area contributed by atoms with Gasteiger partial charge < -0.3 is 10.1 Å². The van der Waals surface area contributed by atoms with Gasteiger partial charge >= 0.3 is 5.97 Å². The standard InChI is InChI=1S/C16H16ClNO2/c1-16(15(19)20-2,12-7-4-3-5-8-12)18-14-10-6-9-13(17)11-14/h3-11,18H,1-2H3. The fraction of sp³-hybridized carbons (Fsp3) is 0.188. The van der Waals surface area contributed by atoms with Crippen molar-refractivity contribution in [3.05, 3.63) is 65.2 Å². The minimum atomic E-state index is -0.972. The molecule has 0 aromatic heterocycles. The van der Waals surface area contributed by atoms with E-state index >= 15 is 0 Å². The van der Waals surface area contributed by atoms with Gasteiger partial charge in [0.1, 0.15) is 0 Å². The highest BCUT2D eigenvalue weighted by Gasteiger charge is 2.36. The van der Waals surface area contributed by atoms with Crippen LogP contribution in [0.25, 0.3) is 0 Å². The van der Waals surface area contributed by atoms with E-state index in [1.807, 2.05) is 42.5 Å². The number of nitrogens with one attached hydrogen (secondary N) is 1. The molecule has 0 heterocycles. The van der Waals surface area contributed by atoms with Gasteiger partial charge in [0.2, 0.25) is 0 Å². The van der Waals surface area contributed by atoms with Crippen LogP contribution in [0.1, 0.15) is 12.5 Å².